The third kappa shape index (κ3) is 1.86. The molecule has 0 amide bonds. The number of carboxylic acids is 1. The van der Waals surface area contributed by atoms with Crippen LogP contribution in [0.2, 0.25) is 0 Å². The molecule has 0 spiro atoms. The Morgan fingerprint density at radius 3 is 3.00 bits per heavy atom. The number of ether oxygens (including phenoxy) is 2. The molecule has 2 N–H and O–H groups in total. The first-order chi connectivity index (χ1) is 9.20. The third-order valence-corrected chi connectivity index (χ3v) is 3.16. The highest BCUT2D eigenvalue weighted by Gasteiger charge is 2.22. The minimum absolute atomic E-state index is 0.0496. The van der Waals surface area contributed by atoms with Crippen molar-refractivity contribution >= 4 is 5.97 Å². The summed E-state index contributed by atoms with van der Waals surface area (Å²) in [6.45, 7) is 1.04. The SMILES string of the molecule is COc1ccc2c(c1-c1cc(C(=O)O)[nH]n1)COC2. The number of nitrogens with one attached hydrogen (secondary N) is 1. The topological polar surface area (TPSA) is 84.4 Å². The van der Waals surface area contributed by atoms with Crippen LogP contribution in [0.1, 0.15) is 21.6 Å². The van der Waals surface area contributed by atoms with Gasteiger partial charge in [-0.25, -0.2) is 4.79 Å². The first-order valence-electron chi connectivity index (χ1n) is 5.76. The van der Waals surface area contributed by atoms with Crippen molar-refractivity contribution in [2.24, 2.45) is 0 Å². The van der Waals surface area contributed by atoms with E-state index < -0.39 is 5.97 Å². The maximum atomic E-state index is 10.9. The Labute approximate surface area is 109 Å². The molecular formula is C13H12N2O4. The Morgan fingerprint density at radius 2 is 2.32 bits per heavy atom. The Balaban J connectivity index is 2.17. The molecule has 1 aliphatic heterocycles. The Bertz CT molecular complexity index is 648. The predicted molar refractivity (Wildman–Crippen MR) is 66.0 cm³/mol. The molecule has 1 aromatic heterocycles. The van der Waals surface area contributed by atoms with Gasteiger partial charge in [0, 0.05) is 5.56 Å². The summed E-state index contributed by atoms with van der Waals surface area (Å²) in [6.07, 6.45) is 0. The van der Waals surface area contributed by atoms with E-state index in [1.165, 1.54) is 6.07 Å². The summed E-state index contributed by atoms with van der Waals surface area (Å²) in [6, 6.07) is 5.30. The lowest BCUT2D eigenvalue weighted by molar-refractivity contribution is 0.0690. The molecule has 0 saturated heterocycles. The molecule has 0 radical (unpaired) electrons. The molecule has 98 valence electrons. The first kappa shape index (κ1) is 11.7. The van der Waals surface area contributed by atoms with E-state index in [0.717, 1.165) is 16.7 Å². The minimum atomic E-state index is -1.04. The number of carbonyl (C=O) groups is 1. The molecule has 19 heavy (non-hydrogen) atoms. The number of nitrogens with zero attached hydrogens (tertiary/aromatic N) is 1. The summed E-state index contributed by atoms with van der Waals surface area (Å²) in [5.41, 5.74) is 3.48. The number of benzene rings is 1. The van der Waals surface area contributed by atoms with Crippen molar-refractivity contribution in [2.45, 2.75) is 13.2 Å². The Kier molecular flexibility index (Phi) is 2.72. The molecule has 3 rings (SSSR count). The van der Waals surface area contributed by atoms with Crippen molar-refractivity contribution in [2.75, 3.05) is 7.11 Å². The van der Waals surface area contributed by atoms with Gasteiger partial charge in [0.05, 0.1) is 26.0 Å². The predicted octanol–water partition coefficient (Wildman–Crippen LogP) is 1.81. The number of carboxylic acid groups (broad SMARTS) is 1. The highest BCUT2D eigenvalue weighted by atomic mass is 16.5. The second kappa shape index (κ2) is 4.40. The van der Waals surface area contributed by atoms with Crippen molar-refractivity contribution in [3.8, 4) is 17.0 Å². The number of H-pyrrole nitrogens is 1. The van der Waals surface area contributed by atoms with E-state index in [4.69, 9.17) is 14.6 Å². The first-order valence-corrected chi connectivity index (χ1v) is 5.76. The van der Waals surface area contributed by atoms with Crippen molar-refractivity contribution < 1.29 is 19.4 Å². The zero-order valence-electron chi connectivity index (χ0n) is 10.3. The van der Waals surface area contributed by atoms with Gasteiger partial charge >= 0.3 is 5.97 Å². The van der Waals surface area contributed by atoms with Gasteiger partial charge in [0.15, 0.2) is 0 Å². The van der Waals surface area contributed by atoms with Crippen LogP contribution in [0.15, 0.2) is 18.2 Å². The molecule has 1 aromatic carbocycles. The number of aromatic amines is 1. The number of hydrogen-bond donors (Lipinski definition) is 2. The van der Waals surface area contributed by atoms with E-state index in [-0.39, 0.29) is 5.69 Å². The third-order valence-electron chi connectivity index (χ3n) is 3.16. The number of aromatic nitrogens is 2. The van der Waals surface area contributed by atoms with E-state index in [2.05, 4.69) is 10.2 Å². The summed E-state index contributed by atoms with van der Waals surface area (Å²) in [4.78, 5) is 10.9. The number of aromatic carboxylic acids is 1. The number of hydrogen-bond acceptors (Lipinski definition) is 4. The lowest BCUT2D eigenvalue weighted by Crippen LogP contribution is -1.95. The van der Waals surface area contributed by atoms with Crippen LogP contribution in [0.25, 0.3) is 11.3 Å². The fraction of sp³-hybridized carbons (Fsp3) is 0.231. The summed E-state index contributed by atoms with van der Waals surface area (Å²) in [5.74, 6) is -0.380. The molecule has 0 atom stereocenters. The smallest absolute Gasteiger partial charge is 0.353 e. The molecule has 0 fully saturated rings. The molecule has 2 heterocycles. The van der Waals surface area contributed by atoms with E-state index in [0.29, 0.717) is 24.7 Å². The summed E-state index contributed by atoms with van der Waals surface area (Å²) in [5, 5.41) is 15.5. The van der Waals surface area contributed by atoms with Crippen molar-refractivity contribution in [1.82, 2.24) is 10.2 Å². The number of rotatable bonds is 3. The highest BCUT2D eigenvalue weighted by Crippen LogP contribution is 2.37. The van der Waals surface area contributed by atoms with Gasteiger partial charge in [-0.3, -0.25) is 5.10 Å². The standard InChI is InChI=1S/C13H12N2O4/c1-18-11-3-2-7-5-19-6-8(7)12(11)9-4-10(13(16)17)15-14-9/h2-4H,5-6H2,1H3,(H,14,15)(H,16,17). The molecule has 1 aliphatic rings. The fourth-order valence-electron chi connectivity index (χ4n) is 2.24. The molecule has 0 bridgehead atoms. The Morgan fingerprint density at radius 1 is 1.47 bits per heavy atom. The zero-order valence-corrected chi connectivity index (χ0v) is 10.3. The average molecular weight is 260 g/mol. The zero-order chi connectivity index (χ0) is 13.4. The van der Waals surface area contributed by atoms with E-state index >= 15 is 0 Å². The van der Waals surface area contributed by atoms with Crippen LogP contribution in [-0.4, -0.2) is 28.4 Å². The molecule has 2 aromatic rings. The molecule has 0 unspecified atom stereocenters. The molecular weight excluding hydrogens is 248 g/mol. The normalized spacial score (nSPS) is 13.3. The van der Waals surface area contributed by atoms with Crippen LogP contribution in [-0.2, 0) is 18.0 Å². The quantitative estimate of drug-likeness (QED) is 0.879. The molecule has 6 heteroatoms. The van der Waals surface area contributed by atoms with Crippen molar-refractivity contribution in [3.63, 3.8) is 0 Å². The van der Waals surface area contributed by atoms with Gasteiger partial charge in [-0.2, -0.15) is 5.10 Å². The van der Waals surface area contributed by atoms with E-state index in [9.17, 15) is 4.79 Å². The van der Waals surface area contributed by atoms with Crippen LogP contribution in [0.5, 0.6) is 5.75 Å². The molecule has 0 saturated carbocycles. The largest absolute Gasteiger partial charge is 0.496 e. The summed E-state index contributed by atoms with van der Waals surface area (Å²) >= 11 is 0. The maximum Gasteiger partial charge on any atom is 0.353 e. The lowest BCUT2D eigenvalue weighted by Gasteiger charge is -2.10. The van der Waals surface area contributed by atoms with Crippen molar-refractivity contribution in [3.05, 3.63) is 35.0 Å². The van der Waals surface area contributed by atoms with Crippen LogP contribution in [0, 0.1) is 0 Å². The maximum absolute atomic E-state index is 10.9. The van der Waals surface area contributed by atoms with Gasteiger partial charge in [0.25, 0.3) is 0 Å². The summed E-state index contributed by atoms with van der Waals surface area (Å²) in [7, 11) is 1.58. The van der Waals surface area contributed by atoms with Gasteiger partial charge < -0.3 is 14.6 Å². The van der Waals surface area contributed by atoms with Gasteiger partial charge in [0.2, 0.25) is 0 Å². The van der Waals surface area contributed by atoms with Gasteiger partial charge in [-0.1, -0.05) is 6.07 Å². The van der Waals surface area contributed by atoms with Crippen LogP contribution >= 0.6 is 0 Å². The van der Waals surface area contributed by atoms with Crippen LogP contribution in [0.4, 0.5) is 0 Å². The van der Waals surface area contributed by atoms with E-state index in [1.807, 2.05) is 12.1 Å². The molecule has 6 nitrogen and oxygen atoms in total. The van der Waals surface area contributed by atoms with Gasteiger partial charge in [-0.05, 0) is 23.3 Å². The minimum Gasteiger partial charge on any atom is -0.496 e. The summed E-state index contributed by atoms with van der Waals surface area (Å²) < 4.78 is 10.8. The lowest BCUT2D eigenvalue weighted by atomic mass is 9.99. The fourth-order valence-corrected chi connectivity index (χ4v) is 2.24. The molecule has 0 aliphatic carbocycles. The number of fused-ring (bicyclic) bond motifs is 1. The van der Waals surface area contributed by atoms with Crippen LogP contribution < -0.4 is 4.74 Å². The number of methoxy groups -OCH3 is 1. The monoisotopic (exact) mass is 260 g/mol. The average Bonchev–Trinajstić information content (AvgIpc) is 3.06. The highest BCUT2D eigenvalue weighted by molar-refractivity contribution is 5.87. The van der Waals surface area contributed by atoms with Crippen LogP contribution in [0.3, 0.4) is 0 Å². The second-order valence-corrected chi connectivity index (χ2v) is 4.25. The Hall–Kier alpha value is -2.34. The van der Waals surface area contributed by atoms with Gasteiger partial charge in [-0.15, -0.1) is 0 Å². The van der Waals surface area contributed by atoms with Gasteiger partial charge in [0.1, 0.15) is 11.4 Å². The van der Waals surface area contributed by atoms with Crippen molar-refractivity contribution in [1.29, 1.82) is 0 Å². The second-order valence-electron chi connectivity index (χ2n) is 4.25. The van der Waals surface area contributed by atoms with E-state index in [1.54, 1.807) is 7.11 Å².